The molecule has 0 aliphatic carbocycles. The van der Waals surface area contributed by atoms with E-state index in [2.05, 4.69) is 31.4 Å². The van der Waals surface area contributed by atoms with Gasteiger partial charge in [-0.3, -0.25) is 4.79 Å². The second-order valence-electron chi connectivity index (χ2n) is 4.28. The van der Waals surface area contributed by atoms with Crippen LogP contribution in [0, 0.1) is 6.92 Å². The zero-order chi connectivity index (χ0) is 14.7. The van der Waals surface area contributed by atoms with Crippen LogP contribution < -0.4 is 5.32 Å². The van der Waals surface area contributed by atoms with Crippen LogP contribution in [-0.2, 0) is 6.42 Å². The average Bonchev–Trinajstić information content (AvgIpc) is 2.43. The number of nitrogens with one attached hydrogen (secondary N) is 1. The normalized spacial score (nSPS) is 10.4. The summed E-state index contributed by atoms with van der Waals surface area (Å²) in [6, 6.07) is 6.97. The Kier molecular flexibility index (Phi) is 4.73. The van der Waals surface area contributed by atoms with Crippen LogP contribution in [0.4, 0.5) is 5.69 Å². The van der Waals surface area contributed by atoms with Gasteiger partial charge in [-0.05, 0) is 53.5 Å². The monoisotopic (exact) mass is 353 g/mol. The number of halogens is 2. The zero-order valence-corrected chi connectivity index (χ0v) is 13.4. The molecule has 0 aliphatic rings. The number of carbonyl (C=O) groups is 1. The summed E-state index contributed by atoms with van der Waals surface area (Å²) >= 11 is 9.25. The maximum Gasteiger partial charge on any atom is 0.257 e. The van der Waals surface area contributed by atoms with Gasteiger partial charge < -0.3 is 5.32 Å². The molecule has 20 heavy (non-hydrogen) atoms. The molecule has 104 valence electrons. The molecular formula is C14H13BrClN3O. The number of aryl methyl sites for hydroxylation is 2. The van der Waals surface area contributed by atoms with Crippen molar-refractivity contribution in [1.82, 2.24) is 10.2 Å². The molecule has 0 saturated carbocycles. The smallest absolute Gasteiger partial charge is 0.257 e. The molecule has 2 rings (SSSR count). The first-order valence-electron chi connectivity index (χ1n) is 6.11. The number of carbonyl (C=O) groups excluding carboxylic acids is 1. The van der Waals surface area contributed by atoms with Gasteiger partial charge >= 0.3 is 0 Å². The van der Waals surface area contributed by atoms with Gasteiger partial charge in [0.1, 0.15) is 0 Å². The van der Waals surface area contributed by atoms with Crippen LogP contribution in [0.3, 0.4) is 0 Å². The van der Waals surface area contributed by atoms with Gasteiger partial charge in [-0.15, -0.1) is 0 Å². The van der Waals surface area contributed by atoms with E-state index < -0.39 is 0 Å². The van der Waals surface area contributed by atoms with Crippen LogP contribution in [-0.4, -0.2) is 16.1 Å². The number of nitrogens with zero attached hydrogens (tertiary/aromatic N) is 2. The van der Waals surface area contributed by atoms with Gasteiger partial charge in [0.25, 0.3) is 5.91 Å². The summed E-state index contributed by atoms with van der Waals surface area (Å²) in [6.07, 6.45) is 0.653. The summed E-state index contributed by atoms with van der Waals surface area (Å²) in [5, 5.41) is 11.4. The van der Waals surface area contributed by atoms with E-state index in [1.165, 1.54) is 0 Å². The van der Waals surface area contributed by atoms with Crippen molar-refractivity contribution < 1.29 is 4.79 Å². The SMILES string of the molecule is CCc1nnc(C)cc1C(=O)Nc1ccc(Cl)c(Br)c1. The summed E-state index contributed by atoms with van der Waals surface area (Å²) in [4.78, 5) is 12.3. The Morgan fingerprint density at radius 1 is 1.35 bits per heavy atom. The highest BCUT2D eigenvalue weighted by molar-refractivity contribution is 9.10. The van der Waals surface area contributed by atoms with Gasteiger partial charge in [-0.2, -0.15) is 10.2 Å². The number of benzene rings is 1. The molecular weight excluding hydrogens is 342 g/mol. The number of amides is 1. The maximum absolute atomic E-state index is 12.3. The van der Waals surface area contributed by atoms with Gasteiger partial charge in [0.05, 0.1) is 22.0 Å². The molecule has 0 bridgehead atoms. The van der Waals surface area contributed by atoms with Gasteiger partial charge in [0.15, 0.2) is 0 Å². The molecule has 0 fully saturated rings. The van der Waals surface area contributed by atoms with Crippen LogP contribution in [0.15, 0.2) is 28.7 Å². The van der Waals surface area contributed by atoms with Crippen molar-refractivity contribution in [3.05, 3.63) is 50.7 Å². The minimum atomic E-state index is -0.200. The van der Waals surface area contributed by atoms with Crippen LogP contribution in [0.5, 0.6) is 0 Å². The quantitative estimate of drug-likeness (QED) is 0.906. The molecule has 0 atom stereocenters. The van der Waals surface area contributed by atoms with E-state index in [0.717, 1.165) is 4.47 Å². The highest BCUT2D eigenvalue weighted by Gasteiger charge is 2.13. The Hall–Kier alpha value is -1.46. The van der Waals surface area contributed by atoms with E-state index in [-0.39, 0.29) is 5.91 Å². The second-order valence-corrected chi connectivity index (χ2v) is 5.54. The molecule has 1 aromatic carbocycles. The van der Waals surface area contributed by atoms with E-state index >= 15 is 0 Å². The molecule has 0 unspecified atom stereocenters. The van der Waals surface area contributed by atoms with E-state index in [0.29, 0.717) is 34.1 Å². The minimum absolute atomic E-state index is 0.200. The topological polar surface area (TPSA) is 54.9 Å². The number of aromatic nitrogens is 2. The van der Waals surface area contributed by atoms with Gasteiger partial charge in [0.2, 0.25) is 0 Å². The summed E-state index contributed by atoms with van der Waals surface area (Å²) < 4.78 is 0.733. The predicted octanol–water partition coefficient (Wildman–Crippen LogP) is 4.02. The molecule has 1 N–H and O–H groups in total. The zero-order valence-electron chi connectivity index (χ0n) is 11.1. The highest BCUT2D eigenvalue weighted by atomic mass is 79.9. The van der Waals surface area contributed by atoms with E-state index in [4.69, 9.17) is 11.6 Å². The van der Waals surface area contributed by atoms with Crippen LogP contribution in [0.2, 0.25) is 5.02 Å². The average molecular weight is 355 g/mol. The third-order valence-corrected chi connectivity index (χ3v) is 3.96. The molecule has 0 aliphatic heterocycles. The van der Waals surface area contributed by atoms with E-state index in [1.807, 2.05) is 13.8 Å². The first-order chi connectivity index (χ1) is 9.51. The largest absolute Gasteiger partial charge is 0.322 e. The van der Waals surface area contributed by atoms with Crippen LogP contribution in [0.25, 0.3) is 0 Å². The Morgan fingerprint density at radius 3 is 2.75 bits per heavy atom. The van der Waals surface area contributed by atoms with Gasteiger partial charge in [-0.1, -0.05) is 18.5 Å². The van der Waals surface area contributed by atoms with Crippen molar-refractivity contribution in [2.24, 2.45) is 0 Å². The van der Waals surface area contributed by atoms with E-state index in [1.54, 1.807) is 24.3 Å². The van der Waals surface area contributed by atoms with Crippen molar-refractivity contribution >= 4 is 39.1 Å². The fourth-order valence-corrected chi connectivity index (χ4v) is 2.24. The molecule has 2 aromatic rings. The van der Waals surface area contributed by atoms with Crippen molar-refractivity contribution in [2.45, 2.75) is 20.3 Å². The lowest BCUT2D eigenvalue weighted by Crippen LogP contribution is -2.16. The Morgan fingerprint density at radius 2 is 2.10 bits per heavy atom. The van der Waals surface area contributed by atoms with Crippen molar-refractivity contribution in [1.29, 1.82) is 0 Å². The fourth-order valence-electron chi connectivity index (χ4n) is 1.74. The maximum atomic E-state index is 12.3. The molecule has 1 amide bonds. The molecule has 0 radical (unpaired) electrons. The summed E-state index contributed by atoms with van der Waals surface area (Å²) in [6.45, 7) is 3.75. The van der Waals surface area contributed by atoms with Gasteiger partial charge in [-0.25, -0.2) is 0 Å². The van der Waals surface area contributed by atoms with Crippen LogP contribution in [0.1, 0.15) is 28.7 Å². The van der Waals surface area contributed by atoms with Gasteiger partial charge in [0, 0.05) is 10.2 Å². The number of rotatable bonds is 3. The number of anilines is 1. The molecule has 0 saturated heterocycles. The standard InChI is InChI=1S/C14H13BrClN3O/c1-3-13-10(6-8(2)18-19-13)14(20)17-9-4-5-12(16)11(15)7-9/h4-7H,3H2,1-2H3,(H,17,20). The number of hydrogen-bond acceptors (Lipinski definition) is 3. The summed E-state index contributed by atoms with van der Waals surface area (Å²) in [5.74, 6) is -0.200. The lowest BCUT2D eigenvalue weighted by atomic mass is 10.1. The third kappa shape index (κ3) is 3.35. The molecule has 1 aromatic heterocycles. The second kappa shape index (κ2) is 6.33. The number of hydrogen-bond donors (Lipinski definition) is 1. The summed E-state index contributed by atoms with van der Waals surface area (Å²) in [7, 11) is 0. The lowest BCUT2D eigenvalue weighted by Gasteiger charge is -2.09. The van der Waals surface area contributed by atoms with Crippen molar-refractivity contribution in [2.75, 3.05) is 5.32 Å². The molecule has 0 spiro atoms. The molecule has 4 nitrogen and oxygen atoms in total. The predicted molar refractivity (Wildman–Crippen MR) is 83.3 cm³/mol. The first kappa shape index (κ1) is 14.9. The molecule has 1 heterocycles. The van der Waals surface area contributed by atoms with Crippen molar-refractivity contribution in [3.8, 4) is 0 Å². The Bertz CT molecular complexity index is 661. The minimum Gasteiger partial charge on any atom is -0.322 e. The molecule has 6 heteroatoms. The third-order valence-electron chi connectivity index (χ3n) is 2.75. The first-order valence-corrected chi connectivity index (χ1v) is 7.28. The Balaban J connectivity index is 2.27. The van der Waals surface area contributed by atoms with Crippen LogP contribution >= 0.6 is 27.5 Å². The lowest BCUT2D eigenvalue weighted by molar-refractivity contribution is 0.102. The summed E-state index contributed by atoms with van der Waals surface area (Å²) in [5.41, 5.74) is 2.61. The fraction of sp³-hybridized carbons (Fsp3) is 0.214. The van der Waals surface area contributed by atoms with Crippen molar-refractivity contribution in [3.63, 3.8) is 0 Å². The Labute approximate surface area is 130 Å². The highest BCUT2D eigenvalue weighted by Crippen LogP contribution is 2.26. The van der Waals surface area contributed by atoms with E-state index in [9.17, 15) is 4.79 Å².